The minimum atomic E-state index is -0.875. The van der Waals surface area contributed by atoms with Crippen LogP contribution in [0.1, 0.15) is 239 Å². The topological polar surface area (TPSA) is 95.9 Å². The second kappa shape index (κ2) is 44.8. The van der Waals surface area contributed by atoms with Crippen molar-refractivity contribution in [3.05, 3.63) is 36.5 Å². The molecule has 0 aliphatic rings. The Morgan fingerprint density at radius 1 is 0.491 bits per heavy atom. The van der Waals surface area contributed by atoms with Gasteiger partial charge in [-0.15, -0.1) is 0 Å². The molecule has 0 rings (SSSR count). The largest absolute Gasteiger partial charge is 0.466 e. The molecule has 1 amide bonds. The summed E-state index contributed by atoms with van der Waals surface area (Å²) in [6.07, 6.45) is 52.8. The second-order valence-corrected chi connectivity index (χ2v) is 16.1. The molecule has 6 nitrogen and oxygen atoms in total. The number of aliphatic hydroxyl groups excluding tert-OH is 2. The smallest absolute Gasteiger partial charge is 0.305 e. The molecule has 0 spiro atoms. The van der Waals surface area contributed by atoms with Crippen LogP contribution in [0, 0.1) is 0 Å². The quantitative estimate of drug-likeness (QED) is 0.0326. The van der Waals surface area contributed by atoms with Crippen LogP contribution < -0.4 is 5.32 Å². The van der Waals surface area contributed by atoms with Crippen LogP contribution in [-0.2, 0) is 14.3 Å². The fourth-order valence-electron chi connectivity index (χ4n) is 6.92. The molecule has 3 N–H and O–H groups in total. The molecule has 55 heavy (non-hydrogen) atoms. The summed E-state index contributed by atoms with van der Waals surface area (Å²) in [4.78, 5) is 24.4. The van der Waals surface area contributed by atoms with E-state index in [1.54, 1.807) is 6.08 Å². The van der Waals surface area contributed by atoms with Crippen molar-refractivity contribution in [2.45, 2.75) is 251 Å². The number of carbonyl (C=O) groups is 2. The molecule has 0 aliphatic heterocycles. The summed E-state index contributed by atoms with van der Waals surface area (Å²) in [5.74, 6) is -0.177. The Morgan fingerprint density at radius 2 is 0.873 bits per heavy atom. The van der Waals surface area contributed by atoms with Gasteiger partial charge < -0.3 is 20.3 Å². The van der Waals surface area contributed by atoms with Gasteiger partial charge >= 0.3 is 5.97 Å². The zero-order valence-electron chi connectivity index (χ0n) is 36.4. The lowest BCUT2D eigenvalue weighted by atomic mass is 10.0. The third-order valence-corrected chi connectivity index (χ3v) is 10.6. The molecule has 0 fully saturated rings. The summed E-state index contributed by atoms with van der Waals surface area (Å²) in [7, 11) is 0. The number of esters is 1. The van der Waals surface area contributed by atoms with E-state index in [0.717, 1.165) is 70.6 Å². The number of unbranched alkanes of at least 4 members (excludes halogenated alkanes) is 28. The number of rotatable bonds is 43. The summed E-state index contributed by atoms with van der Waals surface area (Å²) in [6, 6.07) is -0.665. The van der Waals surface area contributed by atoms with Crippen molar-refractivity contribution >= 4 is 11.9 Å². The molecular formula is C49H91NO5. The number of carbonyl (C=O) groups excluding carboxylic acids is 2. The van der Waals surface area contributed by atoms with Gasteiger partial charge in [0.25, 0.3) is 0 Å². The Bertz CT molecular complexity index is 900. The van der Waals surface area contributed by atoms with E-state index in [2.05, 4.69) is 43.5 Å². The molecule has 322 valence electrons. The number of hydrogen-bond acceptors (Lipinski definition) is 5. The molecule has 0 heterocycles. The highest BCUT2D eigenvalue weighted by Gasteiger charge is 2.17. The average Bonchev–Trinajstić information content (AvgIpc) is 3.18. The fraction of sp³-hybridized carbons (Fsp3) is 0.837. The first-order chi connectivity index (χ1) is 27.0. The first kappa shape index (κ1) is 53.1. The van der Waals surface area contributed by atoms with Crippen LogP contribution in [0.15, 0.2) is 36.5 Å². The first-order valence-corrected chi connectivity index (χ1v) is 23.8. The molecule has 0 saturated carbocycles. The van der Waals surface area contributed by atoms with Crippen molar-refractivity contribution in [2.24, 2.45) is 0 Å². The van der Waals surface area contributed by atoms with Crippen LogP contribution >= 0.6 is 0 Å². The third-order valence-electron chi connectivity index (χ3n) is 10.6. The Labute approximate surface area is 341 Å². The molecule has 6 heteroatoms. The number of ether oxygens (including phenoxy) is 1. The monoisotopic (exact) mass is 774 g/mol. The standard InChI is InChI=1S/C49H91NO5/c1-3-5-7-9-11-13-15-17-19-20-22-25-29-33-37-41-47(52)46(45-51)50-48(53)42-38-34-30-26-24-28-32-36-40-44-55-49(54)43-39-35-31-27-23-21-18-16-14-12-10-8-6-4-2/h16,18,26,30,37,41,46-47,51-52H,3-15,17,19-25,27-29,31-36,38-40,42-45H2,1-2H3,(H,50,53)/b18-16-,30-26-,41-37+. The Balaban J connectivity index is 3.61. The van der Waals surface area contributed by atoms with Gasteiger partial charge in [0.15, 0.2) is 0 Å². The van der Waals surface area contributed by atoms with Gasteiger partial charge in [0.1, 0.15) is 0 Å². The maximum Gasteiger partial charge on any atom is 0.305 e. The van der Waals surface area contributed by atoms with Crippen molar-refractivity contribution in [2.75, 3.05) is 13.2 Å². The summed E-state index contributed by atoms with van der Waals surface area (Å²) >= 11 is 0. The highest BCUT2D eigenvalue weighted by atomic mass is 16.5. The van der Waals surface area contributed by atoms with Gasteiger partial charge in [0.2, 0.25) is 5.91 Å². The molecule has 0 radical (unpaired) electrons. The molecule has 0 aliphatic carbocycles. The van der Waals surface area contributed by atoms with Crippen LogP contribution in [0.5, 0.6) is 0 Å². The molecule has 2 unspecified atom stereocenters. The lowest BCUT2D eigenvalue weighted by Gasteiger charge is -2.19. The molecular weight excluding hydrogens is 683 g/mol. The number of aliphatic hydroxyl groups is 2. The highest BCUT2D eigenvalue weighted by Crippen LogP contribution is 2.14. The highest BCUT2D eigenvalue weighted by molar-refractivity contribution is 5.76. The lowest BCUT2D eigenvalue weighted by molar-refractivity contribution is -0.143. The van der Waals surface area contributed by atoms with Crippen molar-refractivity contribution < 1.29 is 24.5 Å². The van der Waals surface area contributed by atoms with Gasteiger partial charge in [0.05, 0.1) is 25.4 Å². The lowest BCUT2D eigenvalue weighted by Crippen LogP contribution is -2.45. The van der Waals surface area contributed by atoms with Crippen LogP contribution in [-0.4, -0.2) is 47.4 Å². The minimum Gasteiger partial charge on any atom is -0.466 e. The maximum absolute atomic E-state index is 12.4. The maximum atomic E-state index is 12.4. The summed E-state index contributed by atoms with van der Waals surface area (Å²) in [5, 5.41) is 23.0. The van der Waals surface area contributed by atoms with Crippen molar-refractivity contribution in [1.82, 2.24) is 5.32 Å². The van der Waals surface area contributed by atoms with Crippen molar-refractivity contribution in [1.29, 1.82) is 0 Å². The van der Waals surface area contributed by atoms with Gasteiger partial charge in [-0.2, -0.15) is 0 Å². The normalized spacial score (nSPS) is 13.0. The number of nitrogens with one attached hydrogen (secondary N) is 1. The molecule has 0 bridgehead atoms. The van der Waals surface area contributed by atoms with Gasteiger partial charge in [-0.05, 0) is 77.0 Å². The Kier molecular flexibility index (Phi) is 43.2. The molecule has 0 aromatic heterocycles. The molecule has 2 atom stereocenters. The van der Waals surface area contributed by atoms with Crippen LogP contribution in [0.25, 0.3) is 0 Å². The second-order valence-electron chi connectivity index (χ2n) is 16.1. The predicted molar refractivity (Wildman–Crippen MR) is 236 cm³/mol. The van der Waals surface area contributed by atoms with E-state index in [4.69, 9.17) is 4.74 Å². The number of amides is 1. The number of allylic oxidation sites excluding steroid dienone is 5. The zero-order chi connectivity index (χ0) is 40.1. The minimum absolute atomic E-state index is 0.0474. The van der Waals surface area contributed by atoms with E-state index in [9.17, 15) is 19.8 Å². The van der Waals surface area contributed by atoms with Crippen LogP contribution in [0.4, 0.5) is 0 Å². The van der Waals surface area contributed by atoms with Gasteiger partial charge in [-0.25, -0.2) is 0 Å². The van der Waals surface area contributed by atoms with Gasteiger partial charge in [-0.1, -0.05) is 185 Å². The van der Waals surface area contributed by atoms with E-state index in [-0.39, 0.29) is 18.5 Å². The average molecular weight is 774 g/mol. The summed E-state index contributed by atoms with van der Waals surface area (Å²) < 4.78 is 5.42. The Hall–Kier alpha value is -1.92. The number of hydrogen-bond donors (Lipinski definition) is 3. The van der Waals surface area contributed by atoms with Crippen molar-refractivity contribution in [3.8, 4) is 0 Å². The van der Waals surface area contributed by atoms with Gasteiger partial charge in [-0.3, -0.25) is 9.59 Å². The van der Waals surface area contributed by atoms with E-state index in [1.165, 1.54) is 141 Å². The zero-order valence-corrected chi connectivity index (χ0v) is 36.4. The SMILES string of the molecule is CCCCCCC/C=C\CCCCCCCC(=O)OCCCCCC/C=C\CCCC(=O)NC(CO)C(O)/C=C/CCCCCCCCCCCCCCC. The first-order valence-electron chi connectivity index (χ1n) is 23.8. The van der Waals surface area contributed by atoms with E-state index < -0.39 is 12.1 Å². The van der Waals surface area contributed by atoms with Crippen LogP contribution in [0.3, 0.4) is 0 Å². The fourth-order valence-corrected chi connectivity index (χ4v) is 6.92. The molecule has 0 saturated heterocycles. The van der Waals surface area contributed by atoms with E-state index in [0.29, 0.717) is 19.4 Å². The van der Waals surface area contributed by atoms with Crippen LogP contribution in [0.2, 0.25) is 0 Å². The summed E-state index contributed by atoms with van der Waals surface area (Å²) in [5.41, 5.74) is 0. The Morgan fingerprint density at radius 3 is 1.33 bits per heavy atom. The van der Waals surface area contributed by atoms with Gasteiger partial charge in [0, 0.05) is 12.8 Å². The summed E-state index contributed by atoms with van der Waals surface area (Å²) in [6.45, 7) is 4.78. The van der Waals surface area contributed by atoms with E-state index in [1.807, 2.05) is 6.08 Å². The molecule has 0 aromatic carbocycles. The molecule has 0 aromatic rings. The van der Waals surface area contributed by atoms with Crippen molar-refractivity contribution in [3.63, 3.8) is 0 Å². The van der Waals surface area contributed by atoms with E-state index >= 15 is 0 Å². The third kappa shape index (κ3) is 41.5. The predicted octanol–water partition coefficient (Wildman–Crippen LogP) is 13.7.